The van der Waals surface area contributed by atoms with E-state index in [0.29, 0.717) is 19.6 Å². The second-order valence-corrected chi connectivity index (χ2v) is 6.67. The third-order valence-corrected chi connectivity index (χ3v) is 4.94. The van der Waals surface area contributed by atoms with Crippen LogP contribution in [0.3, 0.4) is 0 Å². The molecular weight excluding hydrogens is 281 g/mol. The zero-order chi connectivity index (χ0) is 15.3. The highest BCUT2D eigenvalue weighted by Gasteiger charge is 2.81. The quantitative estimate of drug-likeness (QED) is 0.875. The molecule has 2 aliphatic rings. The van der Waals surface area contributed by atoms with Crippen molar-refractivity contribution in [1.29, 1.82) is 0 Å². The third-order valence-electron chi connectivity index (χ3n) is 4.94. The van der Waals surface area contributed by atoms with Crippen LogP contribution in [0, 0.1) is 10.8 Å². The van der Waals surface area contributed by atoms with Crippen molar-refractivity contribution in [2.24, 2.45) is 10.8 Å². The number of nitrogens with zero attached hydrogens (tertiary/aromatic N) is 2. The molecule has 0 aromatic carbocycles. The van der Waals surface area contributed by atoms with Crippen LogP contribution in [-0.2, 0) is 6.54 Å². The molecule has 0 unspecified atom stereocenters. The predicted octanol–water partition coefficient (Wildman–Crippen LogP) is 2.10. The van der Waals surface area contributed by atoms with Crippen LogP contribution in [-0.4, -0.2) is 35.6 Å². The molecule has 2 heterocycles. The molecule has 21 heavy (non-hydrogen) atoms. The van der Waals surface area contributed by atoms with Crippen LogP contribution in [0.2, 0.25) is 0 Å². The van der Waals surface area contributed by atoms with Crippen LogP contribution in [0.4, 0.5) is 13.2 Å². The first-order valence-electron chi connectivity index (χ1n) is 7.31. The zero-order valence-corrected chi connectivity index (χ0v) is 12.3. The second-order valence-electron chi connectivity index (χ2n) is 6.67. The lowest BCUT2D eigenvalue weighted by molar-refractivity contribution is -0.190. The summed E-state index contributed by atoms with van der Waals surface area (Å²) in [5.41, 5.74) is -1.15. The van der Waals surface area contributed by atoms with Crippen LogP contribution in [0.1, 0.15) is 31.9 Å². The van der Waals surface area contributed by atoms with Gasteiger partial charge in [0, 0.05) is 49.4 Å². The van der Waals surface area contributed by atoms with Crippen molar-refractivity contribution >= 4 is 0 Å². The van der Waals surface area contributed by atoms with E-state index in [4.69, 9.17) is 0 Å². The van der Waals surface area contributed by atoms with E-state index in [9.17, 15) is 13.2 Å². The molecule has 118 valence electrons. The molecule has 1 aliphatic carbocycles. The van der Waals surface area contributed by atoms with Gasteiger partial charge in [0.25, 0.3) is 0 Å². The number of halogens is 3. The molecule has 1 aliphatic heterocycles. The Bertz CT molecular complexity index is 525. The molecule has 4 nitrogen and oxygen atoms in total. The standard InChI is InChI=1S/C14H21F3N4/c1-10(2)21-5-11(4-20-21)3-18-7-12-6-13(12,9-19-8-12)14(15,16)17/h4-5,10,18-19H,3,6-9H2,1-2H3/t12-,13+/m0/s1. The maximum atomic E-state index is 13.2. The summed E-state index contributed by atoms with van der Waals surface area (Å²) in [5, 5.41) is 10.3. The van der Waals surface area contributed by atoms with Crippen LogP contribution < -0.4 is 10.6 Å². The van der Waals surface area contributed by atoms with Gasteiger partial charge < -0.3 is 10.6 Å². The molecular formula is C14H21F3N4. The van der Waals surface area contributed by atoms with Crippen LogP contribution >= 0.6 is 0 Å². The molecule has 3 rings (SSSR count). The summed E-state index contributed by atoms with van der Waals surface area (Å²) in [4.78, 5) is 0. The van der Waals surface area contributed by atoms with Gasteiger partial charge in [0.2, 0.25) is 0 Å². The molecule has 1 aromatic heterocycles. The second kappa shape index (κ2) is 4.71. The van der Waals surface area contributed by atoms with Crippen molar-refractivity contribution in [3.63, 3.8) is 0 Å². The summed E-state index contributed by atoms with van der Waals surface area (Å²) in [6, 6.07) is 0.290. The van der Waals surface area contributed by atoms with Crippen molar-refractivity contribution in [3.8, 4) is 0 Å². The summed E-state index contributed by atoms with van der Waals surface area (Å²) < 4.78 is 41.4. The normalized spacial score (nSPS) is 31.7. The highest BCUT2D eigenvalue weighted by Crippen LogP contribution is 2.72. The van der Waals surface area contributed by atoms with E-state index in [1.54, 1.807) is 6.20 Å². The lowest BCUT2D eigenvalue weighted by Gasteiger charge is -2.20. The predicted molar refractivity (Wildman–Crippen MR) is 72.7 cm³/mol. The summed E-state index contributed by atoms with van der Waals surface area (Å²) in [7, 11) is 0. The average Bonchev–Trinajstić information content (AvgIpc) is 2.76. The molecule has 2 N–H and O–H groups in total. The van der Waals surface area contributed by atoms with Gasteiger partial charge in [-0.15, -0.1) is 0 Å². The van der Waals surface area contributed by atoms with Crippen molar-refractivity contribution in [3.05, 3.63) is 18.0 Å². The van der Waals surface area contributed by atoms with E-state index in [1.807, 2.05) is 24.7 Å². The summed E-state index contributed by atoms with van der Waals surface area (Å²) in [5.74, 6) is 0. The van der Waals surface area contributed by atoms with Gasteiger partial charge in [0.05, 0.1) is 11.6 Å². The zero-order valence-electron chi connectivity index (χ0n) is 12.3. The van der Waals surface area contributed by atoms with Crippen molar-refractivity contribution < 1.29 is 13.2 Å². The molecule has 2 fully saturated rings. The number of hydrogen-bond donors (Lipinski definition) is 2. The van der Waals surface area contributed by atoms with E-state index in [-0.39, 0.29) is 19.0 Å². The number of alkyl halides is 3. The fourth-order valence-electron chi connectivity index (χ4n) is 3.52. The molecule has 7 heteroatoms. The van der Waals surface area contributed by atoms with Gasteiger partial charge >= 0.3 is 6.18 Å². The van der Waals surface area contributed by atoms with Crippen molar-refractivity contribution in [2.75, 3.05) is 19.6 Å². The van der Waals surface area contributed by atoms with Crippen molar-refractivity contribution in [2.45, 2.75) is 39.0 Å². The van der Waals surface area contributed by atoms with Crippen LogP contribution in [0.25, 0.3) is 0 Å². The number of rotatable bonds is 5. The maximum absolute atomic E-state index is 13.2. The lowest BCUT2D eigenvalue weighted by Crippen LogP contribution is -2.35. The smallest absolute Gasteiger partial charge is 0.315 e. The van der Waals surface area contributed by atoms with Gasteiger partial charge in [0.15, 0.2) is 0 Å². The SMILES string of the molecule is CC(C)n1cc(CNC[C@@]23CNC[C@]2(C(F)(F)F)C3)cn1. The maximum Gasteiger partial charge on any atom is 0.396 e. The summed E-state index contributed by atoms with van der Waals surface area (Å²) in [6.45, 7) is 5.54. The van der Waals surface area contributed by atoms with Gasteiger partial charge in [0.1, 0.15) is 0 Å². The molecule has 0 radical (unpaired) electrons. The first-order chi connectivity index (χ1) is 9.80. The molecule has 1 saturated heterocycles. The Hall–Kier alpha value is -1.08. The largest absolute Gasteiger partial charge is 0.396 e. The van der Waals surface area contributed by atoms with E-state index in [1.165, 1.54) is 0 Å². The average molecular weight is 302 g/mol. The highest BCUT2D eigenvalue weighted by molar-refractivity contribution is 5.24. The van der Waals surface area contributed by atoms with Crippen LogP contribution in [0.5, 0.6) is 0 Å². The Kier molecular flexibility index (Phi) is 3.33. The lowest BCUT2D eigenvalue weighted by atomic mass is 9.95. The first kappa shape index (κ1) is 14.8. The minimum absolute atomic E-state index is 0.0590. The Labute approximate surface area is 122 Å². The van der Waals surface area contributed by atoms with Gasteiger partial charge in [-0.1, -0.05) is 0 Å². The van der Waals surface area contributed by atoms with E-state index >= 15 is 0 Å². The molecule has 0 bridgehead atoms. The topological polar surface area (TPSA) is 41.9 Å². The Morgan fingerprint density at radius 1 is 1.43 bits per heavy atom. The van der Waals surface area contributed by atoms with E-state index in [2.05, 4.69) is 15.7 Å². The Balaban J connectivity index is 1.56. The number of aromatic nitrogens is 2. The van der Waals surface area contributed by atoms with Crippen molar-refractivity contribution in [1.82, 2.24) is 20.4 Å². The minimum atomic E-state index is -4.11. The Morgan fingerprint density at radius 2 is 2.19 bits per heavy atom. The molecule has 2 atom stereocenters. The van der Waals surface area contributed by atoms with Crippen LogP contribution in [0.15, 0.2) is 12.4 Å². The fraction of sp³-hybridized carbons (Fsp3) is 0.786. The number of nitrogens with one attached hydrogen (secondary N) is 2. The molecule has 0 spiro atoms. The number of fused-ring (bicyclic) bond motifs is 1. The Morgan fingerprint density at radius 3 is 2.76 bits per heavy atom. The number of hydrogen-bond acceptors (Lipinski definition) is 3. The minimum Gasteiger partial charge on any atom is -0.315 e. The monoisotopic (exact) mass is 302 g/mol. The van der Waals surface area contributed by atoms with Gasteiger partial charge in [-0.25, -0.2) is 0 Å². The fourth-order valence-corrected chi connectivity index (χ4v) is 3.52. The van der Waals surface area contributed by atoms with Gasteiger partial charge in [-0.2, -0.15) is 18.3 Å². The number of piperidine rings is 1. The summed E-state index contributed by atoms with van der Waals surface area (Å²) in [6.07, 6.45) is -0.164. The molecule has 0 amide bonds. The summed E-state index contributed by atoms with van der Waals surface area (Å²) >= 11 is 0. The molecule has 1 aromatic rings. The van der Waals surface area contributed by atoms with Gasteiger partial charge in [-0.05, 0) is 20.3 Å². The van der Waals surface area contributed by atoms with Gasteiger partial charge in [-0.3, -0.25) is 4.68 Å². The highest BCUT2D eigenvalue weighted by atomic mass is 19.4. The molecule has 1 saturated carbocycles. The first-order valence-corrected chi connectivity index (χ1v) is 7.31. The third kappa shape index (κ3) is 2.26. The van der Waals surface area contributed by atoms with E-state index in [0.717, 1.165) is 5.56 Å². The van der Waals surface area contributed by atoms with E-state index < -0.39 is 17.0 Å².